The van der Waals surface area contributed by atoms with Gasteiger partial charge in [-0.25, -0.2) is 0 Å². The molecule has 1 rings (SSSR count). The predicted molar refractivity (Wildman–Crippen MR) is 41.8 cm³/mol. The minimum atomic E-state index is -4.10. The molecule has 1 heterocycles. The second kappa shape index (κ2) is 3.15. The zero-order valence-electron chi connectivity index (χ0n) is 5.28. The number of halogens is 4. The van der Waals surface area contributed by atoms with Crippen LogP contribution in [0.3, 0.4) is 0 Å². The summed E-state index contributed by atoms with van der Waals surface area (Å²) in [6.07, 6.45) is -4.93. The number of hydrogen-bond acceptors (Lipinski definition) is 1. The Balaban J connectivity index is 2.65. The zero-order chi connectivity index (χ0) is 8.48. The lowest BCUT2D eigenvalue weighted by atomic mass is 10.2. The van der Waals surface area contributed by atoms with Crippen LogP contribution in [0.1, 0.15) is 5.56 Å². The van der Waals surface area contributed by atoms with E-state index in [1.54, 1.807) is 0 Å². The molecule has 0 amide bonds. The van der Waals surface area contributed by atoms with E-state index in [-0.39, 0.29) is 0 Å². The van der Waals surface area contributed by atoms with Gasteiger partial charge in [0.15, 0.2) is 0 Å². The van der Waals surface area contributed by atoms with E-state index < -0.39 is 12.6 Å². The first kappa shape index (κ1) is 9.06. The van der Waals surface area contributed by atoms with Crippen LogP contribution in [0.15, 0.2) is 15.2 Å². The van der Waals surface area contributed by atoms with Crippen molar-refractivity contribution in [3.63, 3.8) is 0 Å². The summed E-state index contributed by atoms with van der Waals surface area (Å²) in [5, 5.41) is 1.50. The Bertz CT molecular complexity index is 240. The van der Waals surface area contributed by atoms with Crippen molar-refractivity contribution in [2.24, 2.45) is 0 Å². The first-order chi connectivity index (χ1) is 4.97. The quantitative estimate of drug-likeness (QED) is 0.708. The van der Waals surface area contributed by atoms with Gasteiger partial charge in [0.1, 0.15) is 0 Å². The minimum Gasteiger partial charge on any atom is -0.171 e. The molecule has 0 fully saturated rings. The Morgan fingerprint density at radius 3 is 2.45 bits per heavy atom. The molecule has 0 aromatic carbocycles. The van der Waals surface area contributed by atoms with Crippen LogP contribution < -0.4 is 0 Å². The Morgan fingerprint density at radius 2 is 2.09 bits per heavy atom. The summed E-state index contributed by atoms with van der Waals surface area (Å²) in [5.41, 5.74) is 0.314. The van der Waals surface area contributed by atoms with E-state index in [4.69, 9.17) is 0 Å². The fraction of sp³-hybridized carbons (Fsp3) is 0.333. The highest BCUT2D eigenvalue weighted by Gasteiger charge is 2.27. The molecule has 1 aromatic rings. The average molecular weight is 245 g/mol. The van der Waals surface area contributed by atoms with Crippen molar-refractivity contribution in [1.82, 2.24) is 0 Å². The van der Waals surface area contributed by atoms with Crippen LogP contribution in [0.5, 0.6) is 0 Å². The third-order valence-electron chi connectivity index (χ3n) is 1.03. The van der Waals surface area contributed by atoms with Gasteiger partial charge < -0.3 is 0 Å². The van der Waals surface area contributed by atoms with E-state index in [1.165, 1.54) is 22.8 Å². The Morgan fingerprint density at radius 1 is 1.45 bits per heavy atom. The molecule has 0 atom stereocenters. The zero-order valence-corrected chi connectivity index (χ0v) is 7.68. The van der Waals surface area contributed by atoms with E-state index in [2.05, 4.69) is 15.9 Å². The van der Waals surface area contributed by atoms with Crippen LogP contribution in [0.4, 0.5) is 13.2 Å². The van der Waals surface area contributed by atoms with E-state index in [0.717, 1.165) is 3.79 Å². The van der Waals surface area contributed by atoms with Crippen molar-refractivity contribution < 1.29 is 13.2 Å². The lowest BCUT2D eigenvalue weighted by Gasteiger charge is -2.02. The highest BCUT2D eigenvalue weighted by Crippen LogP contribution is 2.26. The summed E-state index contributed by atoms with van der Waals surface area (Å²) in [5.74, 6) is 0. The Labute approximate surface area is 74.2 Å². The molecule has 1 aromatic heterocycles. The van der Waals surface area contributed by atoms with Gasteiger partial charge in [0.2, 0.25) is 0 Å². The average Bonchev–Trinajstić information content (AvgIpc) is 2.10. The number of alkyl halides is 3. The van der Waals surface area contributed by atoms with Gasteiger partial charge in [-0.2, -0.15) is 13.2 Å². The molecule has 5 heteroatoms. The molecule has 11 heavy (non-hydrogen) atoms. The first-order valence-electron chi connectivity index (χ1n) is 2.77. The molecule has 0 aliphatic heterocycles. The topological polar surface area (TPSA) is 0 Å². The molecule has 0 aliphatic carbocycles. The maximum Gasteiger partial charge on any atom is 0.393 e. The third-order valence-corrected chi connectivity index (χ3v) is 2.58. The Hall–Kier alpha value is -0.0300. The highest BCUT2D eigenvalue weighted by molar-refractivity contribution is 9.11. The number of hydrogen-bond donors (Lipinski definition) is 0. The van der Waals surface area contributed by atoms with Gasteiger partial charge in [0.05, 0.1) is 10.2 Å². The highest BCUT2D eigenvalue weighted by atomic mass is 79.9. The van der Waals surface area contributed by atoms with Crippen LogP contribution in [0.25, 0.3) is 0 Å². The molecule has 0 unspecified atom stereocenters. The van der Waals surface area contributed by atoms with E-state index in [9.17, 15) is 13.2 Å². The van der Waals surface area contributed by atoms with Crippen LogP contribution in [0.2, 0.25) is 0 Å². The van der Waals surface area contributed by atoms with Crippen molar-refractivity contribution in [3.8, 4) is 0 Å². The van der Waals surface area contributed by atoms with Crippen molar-refractivity contribution in [2.75, 3.05) is 0 Å². The number of rotatable bonds is 1. The molecule has 0 saturated carbocycles. The van der Waals surface area contributed by atoms with E-state index in [1.807, 2.05) is 0 Å². The molecule has 62 valence electrons. The van der Waals surface area contributed by atoms with Crippen molar-refractivity contribution in [2.45, 2.75) is 12.6 Å². The molecule has 0 N–H and O–H groups in total. The standard InChI is InChI=1S/C6H4BrF3S/c7-5-1-4(3-11-5)2-6(8,9)10/h1,3H,2H2. The van der Waals surface area contributed by atoms with Crippen molar-refractivity contribution >= 4 is 27.3 Å². The van der Waals surface area contributed by atoms with Crippen LogP contribution in [-0.4, -0.2) is 6.18 Å². The molecule has 0 bridgehead atoms. The molecular formula is C6H4BrF3S. The SMILES string of the molecule is FC(F)(F)Cc1csc(Br)c1. The largest absolute Gasteiger partial charge is 0.393 e. The summed E-state index contributed by atoms with van der Waals surface area (Å²) in [6, 6.07) is 1.48. The number of thiophene rings is 1. The van der Waals surface area contributed by atoms with Crippen LogP contribution in [0, 0.1) is 0 Å². The fourth-order valence-corrected chi connectivity index (χ4v) is 1.88. The van der Waals surface area contributed by atoms with Gasteiger partial charge in [0, 0.05) is 0 Å². The van der Waals surface area contributed by atoms with Crippen molar-refractivity contribution in [3.05, 3.63) is 20.8 Å². The summed E-state index contributed by atoms with van der Waals surface area (Å²) < 4.78 is 36.0. The molecule has 0 saturated heterocycles. The predicted octanol–water partition coefficient (Wildman–Crippen LogP) is 3.62. The van der Waals surface area contributed by atoms with Gasteiger partial charge in [-0.15, -0.1) is 11.3 Å². The normalized spacial score (nSPS) is 12.0. The lowest BCUT2D eigenvalue weighted by Crippen LogP contribution is -2.10. The summed E-state index contributed by atoms with van der Waals surface area (Å²) in [7, 11) is 0. The lowest BCUT2D eigenvalue weighted by molar-refractivity contribution is -0.127. The molecule has 0 spiro atoms. The monoisotopic (exact) mass is 244 g/mol. The second-order valence-corrected chi connectivity index (χ2v) is 4.34. The smallest absolute Gasteiger partial charge is 0.171 e. The van der Waals surface area contributed by atoms with Crippen LogP contribution >= 0.6 is 27.3 Å². The summed E-state index contributed by atoms with van der Waals surface area (Å²) in [6.45, 7) is 0. The van der Waals surface area contributed by atoms with Gasteiger partial charge in [0.25, 0.3) is 0 Å². The van der Waals surface area contributed by atoms with E-state index in [0.29, 0.717) is 5.56 Å². The first-order valence-corrected chi connectivity index (χ1v) is 4.44. The molecule has 0 radical (unpaired) electrons. The van der Waals surface area contributed by atoms with Gasteiger partial charge in [-0.05, 0) is 32.9 Å². The third kappa shape index (κ3) is 3.25. The summed E-state index contributed by atoms with van der Waals surface area (Å²) in [4.78, 5) is 0. The van der Waals surface area contributed by atoms with Gasteiger partial charge in [-0.3, -0.25) is 0 Å². The Kier molecular flexibility index (Phi) is 2.59. The second-order valence-electron chi connectivity index (χ2n) is 2.05. The summed E-state index contributed by atoms with van der Waals surface area (Å²) >= 11 is 4.35. The molecule has 0 nitrogen and oxygen atoms in total. The minimum absolute atomic E-state index is 0.314. The van der Waals surface area contributed by atoms with E-state index >= 15 is 0 Å². The van der Waals surface area contributed by atoms with Crippen molar-refractivity contribution in [1.29, 1.82) is 0 Å². The van der Waals surface area contributed by atoms with Gasteiger partial charge in [-0.1, -0.05) is 0 Å². The van der Waals surface area contributed by atoms with Gasteiger partial charge >= 0.3 is 6.18 Å². The molecule has 0 aliphatic rings. The fourth-order valence-electron chi connectivity index (χ4n) is 0.670. The maximum absolute atomic E-state index is 11.7. The maximum atomic E-state index is 11.7. The molecular weight excluding hydrogens is 241 g/mol. The van der Waals surface area contributed by atoms with Crippen LogP contribution in [-0.2, 0) is 6.42 Å².